The monoisotopic (exact) mass is 606 g/mol. The summed E-state index contributed by atoms with van der Waals surface area (Å²) in [5.74, 6) is 0. The van der Waals surface area contributed by atoms with E-state index in [9.17, 15) is 0 Å². The van der Waals surface area contributed by atoms with Crippen LogP contribution in [0.1, 0.15) is 37.5 Å². The summed E-state index contributed by atoms with van der Waals surface area (Å²) >= 11 is -2.14. The van der Waals surface area contributed by atoms with E-state index in [1.165, 1.54) is 27.5 Å². The zero-order chi connectivity index (χ0) is 24.2. The van der Waals surface area contributed by atoms with Gasteiger partial charge >= 0.3 is 75.9 Å². The van der Waals surface area contributed by atoms with Crippen molar-refractivity contribution in [3.05, 3.63) is 102 Å². The van der Waals surface area contributed by atoms with Crippen LogP contribution in [0, 0.1) is 0 Å². The Morgan fingerprint density at radius 3 is 1.50 bits per heavy atom. The molecule has 4 aromatic rings. The SMILES string of the molecule is CC[c-]1cccc1.CC[c-]1cccc1.CCc1cc2ccccc2[cH-]1.[Cl][V]([Cl])[Cl].[Cl][V][Cl]. The standard InChI is InChI=1S/C11H11.2C7H9.5ClH.2V/c1-2-9-7-10-5-3-4-6-11(10)8-9;2*1-2-7-5-3-4-6-7;;;;;;;/h3-8H,2H2,1H3;2*3-6H,2H2,1H3;5*1H;;/q3*-1;;;;;;+2;+3/p-5. The Kier molecular flexibility index (Phi) is 21.8. The van der Waals surface area contributed by atoms with Gasteiger partial charge in [-0.05, 0) is 6.42 Å². The molecule has 0 aliphatic heterocycles. The van der Waals surface area contributed by atoms with Crippen LogP contribution in [0.3, 0.4) is 0 Å². The van der Waals surface area contributed by atoms with Gasteiger partial charge < -0.3 is 0 Å². The van der Waals surface area contributed by atoms with Gasteiger partial charge in [0.15, 0.2) is 0 Å². The van der Waals surface area contributed by atoms with Crippen LogP contribution in [-0.2, 0) is 45.9 Å². The molecule has 0 radical (unpaired) electrons. The van der Waals surface area contributed by atoms with E-state index < -0.39 is 12.3 Å². The van der Waals surface area contributed by atoms with E-state index in [0.29, 0.717) is 0 Å². The maximum absolute atomic E-state index is 4.95. The van der Waals surface area contributed by atoms with Crippen LogP contribution in [0.4, 0.5) is 0 Å². The summed E-state index contributed by atoms with van der Waals surface area (Å²) in [6.07, 6.45) is 3.45. The molecule has 177 valence electrons. The fourth-order valence-electron chi connectivity index (χ4n) is 2.72. The Labute approximate surface area is 226 Å². The Balaban J connectivity index is 0.000000405. The third kappa shape index (κ3) is 16.7. The van der Waals surface area contributed by atoms with Crippen LogP contribution < -0.4 is 0 Å². The van der Waals surface area contributed by atoms with E-state index >= 15 is 0 Å². The van der Waals surface area contributed by atoms with E-state index in [-0.39, 0.29) is 14.4 Å². The summed E-state index contributed by atoms with van der Waals surface area (Å²) in [6, 6.07) is 29.8. The number of fused-ring (bicyclic) bond motifs is 1. The molecule has 0 saturated carbocycles. The van der Waals surface area contributed by atoms with Gasteiger partial charge in [-0.1, -0.05) is 39.7 Å². The van der Waals surface area contributed by atoms with E-state index in [0.717, 1.165) is 19.3 Å². The van der Waals surface area contributed by atoms with Gasteiger partial charge in [-0.15, -0.1) is 40.6 Å². The van der Waals surface area contributed by atoms with Gasteiger partial charge in [-0.3, -0.25) is 0 Å². The minimum absolute atomic E-state index is 0.368. The van der Waals surface area contributed by atoms with Crippen LogP contribution >= 0.6 is 49.2 Å². The number of rotatable bonds is 3. The third-order valence-corrected chi connectivity index (χ3v) is 4.37. The first-order chi connectivity index (χ1) is 15.4. The molecule has 0 atom stereocenters. The summed E-state index contributed by atoms with van der Waals surface area (Å²) in [6.45, 7) is 6.51. The van der Waals surface area contributed by atoms with Crippen molar-refractivity contribution >= 4 is 60.0 Å². The number of halogens is 5. The zero-order valence-corrected chi connectivity index (χ0v) is 25.1. The molecule has 0 unspecified atom stereocenters. The Hall–Kier alpha value is 0.149. The maximum atomic E-state index is 4.95. The average Bonchev–Trinajstić information content (AvgIpc) is 3.56. The molecule has 0 nitrogen and oxygen atoms in total. The second-order valence-electron chi connectivity index (χ2n) is 6.40. The molecule has 0 aliphatic rings. The first-order valence-electron chi connectivity index (χ1n) is 10.2. The second-order valence-corrected chi connectivity index (χ2v) is 15.6. The van der Waals surface area contributed by atoms with Crippen molar-refractivity contribution in [2.24, 2.45) is 0 Å². The number of hydrogen-bond acceptors (Lipinski definition) is 0. The molecular weight excluding hydrogens is 579 g/mol. The quantitative estimate of drug-likeness (QED) is 0.203. The van der Waals surface area contributed by atoms with Crippen LogP contribution in [0.15, 0.2) is 84.9 Å². The molecule has 0 saturated heterocycles. The molecule has 4 aromatic carbocycles. The third-order valence-electron chi connectivity index (χ3n) is 4.37. The molecular formula is C25H29Cl5V2-3. The Morgan fingerprint density at radius 2 is 1.19 bits per heavy atom. The topological polar surface area (TPSA) is 0 Å². The summed E-state index contributed by atoms with van der Waals surface area (Å²) in [5, 5.41) is 2.73. The van der Waals surface area contributed by atoms with Crippen molar-refractivity contribution < 1.29 is 26.7 Å². The van der Waals surface area contributed by atoms with Crippen LogP contribution in [0.2, 0.25) is 0 Å². The average molecular weight is 609 g/mol. The minimum atomic E-state index is -1.77. The molecule has 32 heavy (non-hydrogen) atoms. The molecule has 0 aromatic heterocycles. The summed E-state index contributed by atoms with van der Waals surface area (Å²) in [7, 11) is 24.6. The van der Waals surface area contributed by atoms with Crippen molar-refractivity contribution in [3.8, 4) is 0 Å². The Bertz CT molecular complexity index is 814. The fraction of sp³-hybridized carbons (Fsp3) is 0.240. The van der Waals surface area contributed by atoms with E-state index in [1.807, 2.05) is 0 Å². The molecule has 0 amide bonds. The Morgan fingerprint density at radius 1 is 0.781 bits per heavy atom. The molecule has 4 rings (SSSR count). The van der Waals surface area contributed by atoms with E-state index in [2.05, 4.69) is 106 Å². The summed E-state index contributed by atoms with van der Waals surface area (Å²) < 4.78 is 0. The molecule has 0 heterocycles. The number of benzene rings is 1. The molecule has 0 bridgehead atoms. The normalized spacial score (nSPS) is 9.28. The number of hydrogen-bond donors (Lipinski definition) is 0. The van der Waals surface area contributed by atoms with E-state index in [1.54, 1.807) is 0 Å². The van der Waals surface area contributed by atoms with Crippen LogP contribution in [-0.4, -0.2) is 0 Å². The van der Waals surface area contributed by atoms with Gasteiger partial charge in [-0.25, -0.2) is 24.3 Å². The predicted molar refractivity (Wildman–Crippen MR) is 141 cm³/mol. The first-order valence-corrected chi connectivity index (χ1v) is 19.8. The molecule has 0 N–H and O–H groups in total. The zero-order valence-electron chi connectivity index (χ0n) is 18.5. The van der Waals surface area contributed by atoms with Crippen molar-refractivity contribution in [1.29, 1.82) is 0 Å². The van der Waals surface area contributed by atoms with E-state index in [4.69, 9.17) is 49.2 Å². The van der Waals surface area contributed by atoms with Crippen molar-refractivity contribution in [3.63, 3.8) is 0 Å². The summed E-state index contributed by atoms with van der Waals surface area (Å²) in [5.41, 5.74) is 4.30. The number of aryl methyl sites for hydroxylation is 3. The van der Waals surface area contributed by atoms with Gasteiger partial charge in [0, 0.05) is 0 Å². The summed E-state index contributed by atoms with van der Waals surface area (Å²) in [4.78, 5) is 0. The second kappa shape index (κ2) is 21.7. The van der Waals surface area contributed by atoms with Crippen LogP contribution in [0.5, 0.6) is 0 Å². The van der Waals surface area contributed by atoms with Crippen LogP contribution in [0.25, 0.3) is 10.8 Å². The molecule has 0 aliphatic carbocycles. The van der Waals surface area contributed by atoms with Gasteiger partial charge in [0.2, 0.25) is 0 Å². The van der Waals surface area contributed by atoms with Gasteiger partial charge in [0.05, 0.1) is 0 Å². The molecule has 0 fully saturated rings. The van der Waals surface area contributed by atoms with Crippen molar-refractivity contribution in [2.45, 2.75) is 40.0 Å². The predicted octanol–water partition coefficient (Wildman–Crippen LogP) is 10.5. The van der Waals surface area contributed by atoms with Gasteiger partial charge in [-0.2, -0.15) is 41.5 Å². The van der Waals surface area contributed by atoms with Crippen molar-refractivity contribution in [2.75, 3.05) is 0 Å². The van der Waals surface area contributed by atoms with Crippen molar-refractivity contribution in [1.82, 2.24) is 0 Å². The molecule has 7 heteroatoms. The fourth-order valence-corrected chi connectivity index (χ4v) is 2.72. The van der Waals surface area contributed by atoms with Gasteiger partial charge in [0.1, 0.15) is 0 Å². The first kappa shape index (κ1) is 32.1. The molecule has 0 spiro atoms. The van der Waals surface area contributed by atoms with Gasteiger partial charge in [0.25, 0.3) is 0 Å².